The largest absolute Gasteiger partial charge is 0.463 e. The van der Waals surface area contributed by atoms with Gasteiger partial charge in [0.2, 0.25) is 0 Å². The first-order chi connectivity index (χ1) is 13.0. The number of esters is 1. The van der Waals surface area contributed by atoms with Crippen molar-refractivity contribution < 1.29 is 14.3 Å². The van der Waals surface area contributed by atoms with Crippen LogP contribution >= 0.6 is 11.8 Å². The van der Waals surface area contributed by atoms with Crippen LogP contribution in [0.5, 0.6) is 0 Å². The molecule has 0 atom stereocenters. The number of hydrogen-bond donors (Lipinski definition) is 2. The summed E-state index contributed by atoms with van der Waals surface area (Å²) in [6, 6.07) is 7.63. The second-order valence-electron chi connectivity index (χ2n) is 5.93. The summed E-state index contributed by atoms with van der Waals surface area (Å²) in [7, 11) is 0. The Labute approximate surface area is 161 Å². The highest BCUT2D eigenvalue weighted by atomic mass is 32.2. The first-order valence-electron chi connectivity index (χ1n) is 8.56. The highest BCUT2D eigenvalue weighted by molar-refractivity contribution is 7.99. The van der Waals surface area contributed by atoms with Crippen molar-refractivity contribution in [3.63, 3.8) is 0 Å². The number of urea groups is 1. The fraction of sp³-hybridized carbons (Fsp3) is 0.333. The molecule has 8 nitrogen and oxygen atoms in total. The molecule has 142 valence electrons. The van der Waals surface area contributed by atoms with E-state index in [1.165, 1.54) is 11.8 Å². The van der Waals surface area contributed by atoms with E-state index in [0.717, 1.165) is 17.1 Å². The van der Waals surface area contributed by atoms with Gasteiger partial charge in [-0.1, -0.05) is 30.0 Å². The molecule has 1 aromatic carbocycles. The average Bonchev–Trinajstić information content (AvgIpc) is 3.01. The number of aromatic nitrogens is 3. The lowest BCUT2D eigenvalue weighted by atomic mass is 10.2. The Kier molecular flexibility index (Phi) is 5.80. The Morgan fingerprint density at radius 3 is 2.81 bits per heavy atom. The van der Waals surface area contributed by atoms with E-state index in [9.17, 15) is 9.59 Å². The number of para-hydroxylation sites is 1. The van der Waals surface area contributed by atoms with Crippen LogP contribution in [0.3, 0.4) is 0 Å². The fourth-order valence-electron chi connectivity index (χ4n) is 2.73. The Morgan fingerprint density at radius 1 is 1.30 bits per heavy atom. The minimum atomic E-state index is -0.433. The summed E-state index contributed by atoms with van der Waals surface area (Å²) < 4.78 is 7.05. The van der Waals surface area contributed by atoms with E-state index in [0.29, 0.717) is 22.2 Å². The maximum absolute atomic E-state index is 12.1. The third-order valence-corrected chi connectivity index (χ3v) is 5.03. The maximum Gasteiger partial charge on any atom is 0.337 e. The van der Waals surface area contributed by atoms with Gasteiger partial charge in [0.05, 0.1) is 24.4 Å². The summed E-state index contributed by atoms with van der Waals surface area (Å²) in [5.41, 5.74) is 3.04. The number of nitrogens with zero attached hydrogens (tertiary/aromatic N) is 3. The quantitative estimate of drug-likeness (QED) is 0.582. The number of ether oxygens (including phenoxy) is 1. The number of hydrogen-bond acceptors (Lipinski definition) is 6. The molecule has 1 aliphatic rings. The Hall–Kier alpha value is -2.81. The molecule has 2 heterocycles. The van der Waals surface area contributed by atoms with Crippen molar-refractivity contribution in [3.05, 3.63) is 46.9 Å². The summed E-state index contributed by atoms with van der Waals surface area (Å²) in [4.78, 5) is 23.8. The molecule has 2 N–H and O–H groups in total. The number of thioether (sulfide) groups is 1. The molecule has 1 aromatic heterocycles. The van der Waals surface area contributed by atoms with Crippen molar-refractivity contribution in [2.24, 2.45) is 0 Å². The van der Waals surface area contributed by atoms with Crippen LogP contribution in [0.4, 0.5) is 4.79 Å². The van der Waals surface area contributed by atoms with Crippen molar-refractivity contribution in [1.29, 1.82) is 0 Å². The Bertz CT molecular complexity index is 906. The molecule has 0 fully saturated rings. The molecule has 0 saturated carbocycles. The van der Waals surface area contributed by atoms with Crippen molar-refractivity contribution in [2.75, 3.05) is 18.9 Å². The smallest absolute Gasteiger partial charge is 0.337 e. The first-order valence-corrected chi connectivity index (χ1v) is 9.54. The van der Waals surface area contributed by atoms with Crippen LogP contribution < -0.4 is 10.6 Å². The molecule has 0 spiro atoms. The van der Waals surface area contributed by atoms with Crippen LogP contribution in [-0.2, 0) is 9.53 Å². The zero-order valence-corrected chi connectivity index (χ0v) is 16.2. The van der Waals surface area contributed by atoms with Gasteiger partial charge in [-0.25, -0.2) is 9.59 Å². The predicted molar refractivity (Wildman–Crippen MR) is 102 cm³/mol. The maximum atomic E-state index is 12.1. The van der Waals surface area contributed by atoms with Gasteiger partial charge in [-0.3, -0.25) is 4.57 Å². The van der Waals surface area contributed by atoms with Gasteiger partial charge in [-0.15, -0.1) is 10.2 Å². The molecule has 0 radical (unpaired) electrons. The lowest BCUT2D eigenvalue weighted by Gasteiger charge is -2.21. The third kappa shape index (κ3) is 4.13. The topological polar surface area (TPSA) is 98.1 Å². The molecule has 0 aliphatic carbocycles. The monoisotopic (exact) mass is 387 g/mol. The van der Waals surface area contributed by atoms with Crippen LogP contribution in [0.15, 0.2) is 40.7 Å². The van der Waals surface area contributed by atoms with Crippen LogP contribution in [0, 0.1) is 13.8 Å². The molecule has 0 saturated heterocycles. The number of aryl methyl sites for hydroxylation is 2. The van der Waals surface area contributed by atoms with E-state index < -0.39 is 5.97 Å². The number of carbonyl (C=O) groups is 2. The Morgan fingerprint density at radius 2 is 2.07 bits per heavy atom. The summed E-state index contributed by atoms with van der Waals surface area (Å²) in [5.74, 6) is 0.698. The van der Waals surface area contributed by atoms with Gasteiger partial charge >= 0.3 is 12.0 Å². The van der Waals surface area contributed by atoms with E-state index in [1.807, 2.05) is 42.7 Å². The number of benzene rings is 1. The molecular weight excluding hydrogens is 366 g/mol. The minimum absolute atomic E-state index is 0.143. The minimum Gasteiger partial charge on any atom is -0.463 e. The molecule has 9 heteroatoms. The van der Waals surface area contributed by atoms with Gasteiger partial charge in [-0.2, -0.15) is 0 Å². The van der Waals surface area contributed by atoms with Gasteiger partial charge < -0.3 is 15.4 Å². The Balaban J connectivity index is 1.87. The van der Waals surface area contributed by atoms with Crippen molar-refractivity contribution in [3.8, 4) is 5.69 Å². The molecule has 27 heavy (non-hydrogen) atoms. The van der Waals surface area contributed by atoms with Gasteiger partial charge in [-0.05, 0) is 32.4 Å². The SMILES string of the molecule is CCOC(=O)C1=C(CSc2nnc(C)n2-c2ccccc2C)NC(=O)NC1. The van der Waals surface area contributed by atoms with Crippen LogP contribution in [0.25, 0.3) is 5.69 Å². The van der Waals surface area contributed by atoms with E-state index in [1.54, 1.807) is 6.92 Å². The normalized spacial score (nSPS) is 14.0. The van der Waals surface area contributed by atoms with Crippen LogP contribution in [-0.4, -0.2) is 45.7 Å². The average molecular weight is 387 g/mol. The first kappa shape index (κ1) is 19.0. The van der Waals surface area contributed by atoms with Crippen molar-refractivity contribution >= 4 is 23.8 Å². The van der Waals surface area contributed by atoms with Gasteiger partial charge in [0.15, 0.2) is 5.16 Å². The molecule has 2 aromatic rings. The number of rotatable bonds is 6. The van der Waals surface area contributed by atoms with Crippen LogP contribution in [0.2, 0.25) is 0 Å². The van der Waals surface area contributed by atoms with Crippen molar-refractivity contribution in [1.82, 2.24) is 25.4 Å². The van der Waals surface area contributed by atoms with E-state index in [4.69, 9.17) is 4.74 Å². The summed E-state index contributed by atoms with van der Waals surface area (Å²) >= 11 is 1.40. The van der Waals surface area contributed by atoms with E-state index in [2.05, 4.69) is 20.8 Å². The predicted octanol–water partition coefficient (Wildman–Crippen LogP) is 2.11. The lowest BCUT2D eigenvalue weighted by Crippen LogP contribution is -2.44. The molecule has 2 amide bonds. The number of amides is 2. The highest BCUT2D eigenvalue weighted by Crippen LogP contribution is 2.26. The fourth-order valence-corrected chi connectivity index (χ4v) is 3.71. The molecule has 0 unspecified atom stereocenters. The number of nitrogens with one attached hydrogen (secondary N) is 2. The zero-order chi connectivity index (χ0) is 19.4. The second-order valence-corrected chi connectivity index (χ2v) is 6.87. The lowest BCUT2D eigenvalue weighted by molar-refractivity contribution is -0.138. The van der Waals surface area contributed by atoms with E-state index in [-0.39, 0.29) is 19.2 Å². The summed E-state index contributed by atoms with van der Waals surface area (Å²) in [6.45, 7) is 6.08. The summed E-state index contributed by atoms with van der Waals surface area (Å²) in [5, 5.41) is 14.4. The van der Waals surface area contributed by atoms with E-state index >= 15 is 0 Å². The zero-order valence-electron chi connectivity index (χ0n) is 15.4. The number of carbonyl (C=O) groups excluding carboxylic acids is 2. The summed E-state index contributed by atoms with van der Waals surface area (Å²) in [6.07, 6.45) is 0. The second kappa shape index (κ2) is 8.26. The molecule has 1 aliphatic heterocycles. The molecule has 0 bridgehead atoms. The van der Waals surface area contributed by atoms with Gasteiger partial charge in [0.25, 0.3) is 0 Å². The van der Waals surface area contributed by atoms with Gasteiger partial charge in [0, 0.05) is 11.4 Å². The van der Waals surface area contributed by atoms with Crippen molar-refractivity contribution in [2.45, 2.75) is 25.9 Å². The van der Waals surface area contributed by atoms with Crippen LogP contribution in [0.1, 0.15) is 18.3 Å². The molecular formula is C18H21N5O3S. The standard InChI is InChI=1S/C18H21N5O3S/c1-4-26-16(24)13-9-19-17(25)20-14(13)10-27-18-22-21-12(3)23(18)15-8-6-5-7-11(15)2/h5-8H,4,9-10H2,1-3H3,(H2,19,20,25). The van der Waals surface area contributed by atoms with Gasteiger partial charge in [0.1, 0.15) is 5.82 Å². The molecule has 3 rings (SSSR count). The highest BCUT2D eigenvalue weighted by Gasteiger charge is 2.24. The third-order valence-electron chi connectivity index (χ3n) is 4.07.